The van der Waals surface area contributed by atoms with Gasteiger partial charge in [0.1, 0.15) is 0 Å². The van der Waals surface area contributed by atoms with Crippen LogP contribution in [-0.4, -0.2) is 10.7 Å². The van der Waals surface area contributed by atoms with Gasteiger partial charge in [-0.25, -0.2) is 4.99 Å². The summed E-state index contributed by atoms with van der Waals surface area (Å²) in [5.74, 6) is 0.393. The second-order valence-electron chi connectivity index (χ2n) is 6.95. The van der Waals surface area contributed by atoms with E-state index in [1.54, 1.807) is 11.3 Å². The molecule has 0 bridgehead atoms. The molecule has 1 aromatic carbocycles. The van der Waals surface area contributed by atoms with Gasteiger partial charge in [0.15, 0.2) is 0 Å². The van der Waals surface area contributed by atoms with Crippen LogP contribution in [-0.2, 0) is 0 Å². The Bertz CT molecular complexity index is 1120. The van der Waals surface area contributed by atoms with Gasteiger partial charge >= 0.3 is 0 Å². The molecular weight excluding hydrogens is 360 g/mol. The topological polar surface area (TPSA) is 28.1 Å². The van der Waals surface area contributed by atoms with Crippen molar-refractivity contribution in [1.29, 1.82) is 0 Å². The summed E-state index contributed by atoms with van der Waals surface area (Å²) in [4.78, 5) is 9.68. The number of hydrogen-bond acceptors (Lipinski definition) is 2. The molecule has 0 saturated carbocycles. The van der Waals surface area contributed by atoms with Crippen molar-refractivity contribution in [2.75, 3.05) is 0 Å². The fourth-order valence-electron chi connectivity index (χ4n) is 3.64. The SMILES string of the molecule is C1=CCC(c2cc(-c3ccccc3)c(/C=C3/C=CC(c4cccs4)=N3)[nH]2)C=C1. The highest BCUT2D eigenvalue weighted by molar-refractivity contribution is 7.12. The second kappa shape index (κ2) is 7.45. The summed E-state index contributed by atoms with van der Waals surface area (Å²) in [5.41, 5.74) is 6.81. The Morgan fingerprint density at radius 3 is 2.75 bits per heavy atom. The van der Waals surface area contributed by atoms with Crippen molar-refractivity contribution in [3.63, 3.8) is 0 Å². The van der Waals surface area contributed by atoms with Crippen molar-refractivity contribution in [3.8, 4) is 11.1 Å². The summed E-state index contributed by atoms with van der Waals surface area (Å²) in [6.45, 7) is 0. The van der Waals surface area contributed by atoms with E-state index in [1.807, 2.05) is 0 Å². The molecule has 0 amide bonds. The van der Waals surface area contributed by atoms with Crippen LogP contribution in [0.1, 0.15) is 28.6 Å². The third kappa shape index (κ3) is 3.37. The molecule has 2 nitrogen and oxygen atoms in total. The number of benzene rings is 1. The van der Waals surface area contributed by atoms with Crippen molar-refractivity contribution < 1.29 is 0 Å². The molecule has 136 valence electrons. The second-order valence-corrected chi connectivity index (χ2v) is 7.90. The molecule has 3 heterocycles. The predicted molar refractivity (Wildman–Crippen MR) is 120 cm³/mol. The number of allylic oxidation sites excluding steroid dienone is 6. The van der Waals surface area contributed by atoms with E-state index in [-0.39, 0.29) is 0 Å². The average molecular weight is 381 g/mol. The Kier molecular flexibility index (Phi) is 4.51. The van der Waals surface area contributed by atoms with E-state index >= 15 is 0 Å². The summed E-state index contributed by atoms with van der Waals surface area (Å²) in [6.07, 6.45) is 16.1. The summed E-state index contributed by atoms with van der Waals surface area (Å²) in [5, 5.41) is 2.09. The van der Waals surface area contributed by atoms with Gasteiger partial charge < -0.3 is 4.98 Å². The molecule has 1 unspecified atom stereocenters. The highest BCUT2D eigenvalue weighted by atomic mass is 32.1. The Labute approximate surface area is 169 Å². The van der Waals surface area contributed by atoms with Crippen LogP contribution in [0.5, 0.6) is 0 Å². The normalized spacial score (nSPS) is 19.5. The Morgan fingerprint density at radius 2 is 1.96 bits per heavy atom. The standard InChI is InChI=1S/C25H20N2S/c1-3-8-18(9-4-1)21-17-23(19-10-5-2-6-11-19)27-24(21)16-20-13-14-22(26-20)25-12-7-15-28-25/h1-10,12-17,19,27H,11H2/b20-16-. The molecular formula is C25H20N2S. The van der Waals surface area contributed by atoms with Crippen LogP contribution in [0.3, 0.4) is 0 Å². The van der Waals surface area contributed by atoms with E-state index in [4.69, 9.17) is 4.99 Å². The Morgan fingerprint density at radius 1 is 1.04 bits per heavy atom. The zero-order valence-corrected chi connectivity index (χ0v) is 16.2. The van der Waals surface area contributed by atoms with Gasteiger partial charge in [0, 0.05) is 22.9 Å². The van der Waals surface area contributed by atoms with E-state index in [0.29, 0.717) is 5.92 Å². The van der Waals surface area contributed by atoms with Gasteiger partial charge in [-0.2, -0.15) is 0 Å². The van der Waals surface area contributed by atoms with Crippen LogP contribution < -0.4 is 0 Å². The zero-order chi connectivity index (χ0) is 18.8. The minimum absolute atomic E-state index is 0.393. The number of thiophene rings is 1. The van der Waals surface area contributed by atoms with Gasteiger partial charge in [-0.3, -0.25) is 0 Å². The zero-order valence-electron chi connectivity index (χ0n) is 15.4. The number of nitrogens with one attached hydrogen (secondary N) is 1. The Hall–Kier alpha value is -3.17. The number of rotatable bonds is 4. The lowest BCUT2D eigenvalue weighted by Crippen LogP contribution is -1.96. The van der Waals surface area contributed by atoms with E-state index in [0.717, 1.165) is 23.5 Å². The molecule has 5 rings (SSSR count). The van der Waals surface area contributed by atoms with Gasteiger partial charge in [0.05, 0.1) is 16.3 Å². The molecule has 1 aliphatic heterocycles. The molecule has 0 radical (unpaired) electrons. The lowest BCUT2D eigenvalue weighted by atomic mass is 9.96. The van der Waals surface area contributed by atoms with Crippen LogP contribution in [0.4, 0.5) is 0 Å². The number of H-pyrrole nitrogens is 1. The summed E-state index contributed by atoms with van der Waals surface area (Å²) in [7, 11) is 0. The monoisotopic (exact) mass is 380 g/mol. The maximum atomic E-state index is 4.81. The van der Waals surface area contributed by atoms with Crippen molar-refractivity contribution in [3.05, 3.63) is 112 Å². The first-order valence-corrected chi connectivity index (χ1v) is 10.4. The fraction of sp³-hybridized carbons (Fsp3) is 0.0800. The molecule has 2 aliphatic rings. The third-order valence-corrected chi connectivity index (χ3v) is 5.95. The predicted octanol–water partition coefficient (Wildman–Crippen LogP) is 6.74. The number of aromatic amines is 1. The van der Waals surface area contributed by atoms with Crippen molar-refractivity contribution in [2.45, 2.75) is 12.3 Å². The fourth-order valence-corrected chi connectivity index (χ4v) is 4.34. The van der Waals surface area contributed by atoms with Gasteiger partial charge in [-0.05, 0) is 47.7 Å². The van der Waals surface area contributed by atoms with Crippen molar-refractivity contribution in [2.24, 2.45) is 4.99 Å². The van der Waals surface area contributed by atoms with Crippen LogP contribution in [0, 0.1) is 0 Å². The van der Waals surface area contributed by atoms with E-state index in [2.05, 4.69) is 101 Å². The highest BCUT2D eigenvalue weighted by Crippen LogP contribution is 2.33. The summed E-state index contributed by atoms with van der Waals surface area (Å²) < 4.78 is 0. The molecule has 0 saturated heterocycles. The van der Waals surface area contributed by atoms with E-state index < -0.39 is 0 Å². The molecule has 3 aromatic rings. The first kappa shape index (κ1) is 17.0. The molecule has 1 aliphatic carbocycles. The smallest absolute Gasteiger partial charge is 0.0809 e. The van der Waals surface area contributed by atoms with E-state index in [9.17, 15) is 0 Å². The van der Waals surface area contributed by atoms with Crippen LogP contribution >= 0.6 is 11.3 Å². The first-order valence-electron chi connectivity index (χ1n) is 9.51. The number of aromatic nitrogens is 1. The molecule has 0 spiro atoms. The Balaban J connectivity index is 1.55. The number of hydrogen-bond donors (Lipinski definition) is 1. The first-order chi connectivity index (χ1) is 13.9. The van der Waals surface area contributed by atoms with Gasteiger partial charge in [0.2, 0.25) is 0 Å². The van der Waals surface area contributed by atoms with Crippen molar-refractivity contribution in [1.82, 2.24) is 4.98 Å². The lowest BCUT2D eigenvalue weighted by Gasteiger charge is -2.10. The quantitative estimate of drug-likeness (QED) is 0.519. The molecule has 28 heavy (non-hydrogen) atoms. The largest absolute Gasteiger partial charge is 0.358 e. The number of nitrogens with zero attached hydrogens (tertiary/aromatic N) is 1. The average Bonchev–Trinajstić information content (AvgIpc) is 3.50. The maximum Gasteiger partial charge on any atom is 0.0809 e. The van der Waals surface area contributed by atoms with Crippen LogP contribution in [0.25, 0.3) is 17.2 Å². The molecule has 2 aromatic heterocycles. The molecule has 0 fully saturated rings. The summed E-state index contributed by atoms with van der Waals surface area (Å²) in [6, 6.07) is 17.0. The summed E-state index contributed by atoms with van der Waals surface area (Å²) >= 11 is 1.72. The van der Waals surface area contributed by atoms with Crippen LogP contribution in [0.2, 0.25) is 0 Å². The molecule has 1 N–H and O–H groups in total. The van der Waals surface area contributed by atoms with Gasteiger partial charge in [-0.1, -0.05) is 60.7 Å². The van der Waals surface area contributed by atoms with Crippen molar-refractivity contribution >= 4 is 23.1 Å². The molecule has 1 atom stereocenters. The maximum absolute atomic E-state index is 4.81. The third-order valence-electron chi connectivity index (χ3n) is 5.06. The number of aliphatic imine (C=N–C) groups is 1. The van der Waals surface area contributed by atoms with E-state index in [1.165, 1.54) is 21.7 Å². The minimum Gasteiger partial charge on any atom is -0.358 e. The van der Waals surface area contributed by atoms with Gasteiger partial charge in [0.25, 0.3) is 0 Å². The van der Waals surface area contributed by atoms with Gasteiger partial charge in [-0.15, -0.1) is 11.3 Å². The lowest BCUT2D eigenvalue weighted by molar-refractivity contribution is 0.823. The van der Waals surface area contributed by atoms with Crippen LogP contribution in [0.15, 0.2) is 101 Å². The minimum atomic E-state index is 0.393. The highest BCUT2D eigenvalue weighted by Gasteiger charge is 2.16. The molecule has 3 heteroatoms.